The lowest BCUT2D eigenvalue weighted by Gasteiger charge is -2.09. The number of carbonyl (C=O) groups is 1. The number of hydrogen-bond acceptors (Lipinski definition) is 4. The molecule has 31 heavy (non-hydrogen) atoms. The molecule has 0 unspecified atom stereocenters. The van der Waals surface area contributed by atoms with E-state index in [4.69, 9.17) is 5.73 Å². The molecule has 0 radical (unpaired) electrons. The normalized spacial score (nSPS) is 11.6. The molecule has 0 atom stereocenters. The first-order valence-corrected chi connectivity index (χ1v) is 9.12. The van der Waals surface area contributed by atoms with Gasteiger partial charge in [-0.3, -0.25) is 14.7 Å². The number of aromatic nitrogens is 3. The molecule has 4 aromatic rings. The smallest absolute Gasteiger partial charge is 0.397 e. The van der Waals surface area contributed by atoms with E-state index in [1.54, 1.807) is 36.4 Å². The van der Waals surface area contributed by atoms with Gasteiger partial charge < -0.3 is 11.1 Å². The fourth-order valence-electron chi connectivity index (χ4n) is 3.32. The van der Waals surface area contributed by atoms with Crippen LogP contribution in [0.2, 0.25) is 0 Å². The number of halogens is 3. The summed E-state index contributed by atoms with van der Waals surface area (Å²) < 4.78 is 41.8. The lowest BCUT2D eigenvalue weighted by atomic mass is 10.1. The summed E-state index contributed by atoms with van der Waals surface area (Å²) in [5.41, 5.74) is 3.58. The molecule has 7 nitrogen and oxygen atoms in total. The van der Waals surface area contributed by atoms with E-state index in [1.807, 2.05) is 0 Å². The Balaban J connectivity index is 1.93. The molecule has 1 amide bonds. The van der Waals surface area contributed by atoms with Gasteiger partial charge in [-0.15, -0.1) is 0 Å². The maximum absolute atomic E-state index is 13.7. The number of carbonyl (C=O) groups excluding carboxylic acids is 1. The van der Waals surface area contributed by atoms with E-state index in [1.165, 1.54) is 25.1 Å². The molecule has 158 valence electrons. The molecule has 0 aliphatic heterocycles. The summed E-state index contributed by atoms with van der Waals surface area (Å²) in [4.78, 5) is 29.9. The van der Waals surface area contributed by atoms with Crippen LogP contribution in [-0.4, -0.2) is 20.5 Å². The quantitative estimate of drug-likeness (QED) is 0.432. The van der Waals surface area contributed by atoms with Gasteiger partial charge in [0.15, 0.2) is 5.65 Å². The lowest BCUT2D eigenvalue weighted by molar-refractivity contribution is -0.140. The van der Waals surface area contributed by atoms with Crippen LogP contribution in [0.15, 0.2) is 59.4 Å². The molecule has 0 aliphatic rings. The number of nitrogens with two attached hydrogens (primary N) is 1. The number of aryl methyl sites for hydroxylation is 1. The SMILES string of the molecule is Cc1nc2c(-c3ccccc3)c(C(F)(F)F)[nH]n2c(=O)c1C(=O)Nc1ccccc1N. The van der Waals surface area contributed by atoms with E-state index in [0.717, 1.165) is 0 Å². The van der Waals surface area contributed by atoms with Crippen molar-refractivity contribution in [3.63, 3.8) is 0 Å². The first-order valence-electron chi connectivity index (χ1n) is 9.12. The highest BCUT2D eigenvalue weighted by Gasteiger charge is 2.38. The number of fused-ring (bicyclic) bond motifs is 1. The standard InChI is InChI=1S/C21H16F3N5O2/c1-11-15(19(30)27-14-10-6-5-9-13(14)25)20(31)29-18(26-11)16(12-7-3-2-4-8-12)17(28-29)21(22,23)24/h2-10,28H,25H2,1H3,(H,27,30). The topological polar surface area (TPSA) is 105 Å². The number of nitrogen functional groups attached to an aromatic ring is 1. The monoisotopic (exact) mass is 427 g/mol. The maximum atomic E-state index is 13.7. The Kier molecular flexibility index (Phi) is 4.77. The Morgan fingerprint density at radius 3 is 2.39 bits per heavy atom. The van der Waals surface area contributed by atoms with Crippen molar-refractivity contribution in [2.45, 2.75) is 13.1 Å². The number of aromatic amines is 1. The highest BCUT2D eigenvalue weighted by atomic mass is 19.4. The number of nitrogens with one attached hydrogen (secondary N) is 2. The van der Waals surface area contributed by atoms with Gasteiger partial charge in [-0.25, -0.2) is 4.98 Å². The Labute approximate surface area is 173 Å². The van der Waals surface area contributed by atoms with Gasteiger partial charge in [0.25, 0.3) is 11.5 Å². The van der Waals surface area contributed by atoms with Crippen LogP contribution in [0.5, 0.6) is 0 Å². The van der Waals surface area contributed by atoms with E-state index in [-0.39, 0.29) is 33.8 Å². The minimum atomic E-state index is -4.78. The minimum absolute atomic E-state index is 0.0121. The summed E-state index contributed by atoms with van der Waals surface area (Å²) in [7, 11) is 0. The van der Waals surface area contributed by atoms with Gasteiger partial charge in [-0.2, -0.15) is 17.7 Å². The van der Waals surface area contributed by atoms with Crippen molar-refractivity contribution in [3.8, 4) is 11.1 Å². The average molecular weight is 427 g/mol. The van der Waals surface area contributed by atoms with Crippen molar-refractivity contribution in [2.24, 2.45) is 0 Å². The number of anilines is 2. The second-order valence-corrected chi connectivity index (χ2v) is 6.80. The number of H-pyrrole nitrogens is 1. The first-order chi connectivity index (χ1) is 14.7. The molecule has 2 heterocycles. The van der Waals surface area contributed by atoms with Crippen LogP contribution in [0.3, 0.4) is 0 Å². The van der Waals surface area contributed by atoms with Crippen LogP contribution in [0.1, 0.15) is 21.7 Å². The van der Waals surface area contributed by atoms with Crippen LogP contribution < -0.4 is 16.6 Å². The van der Waals surface area contributed by atoms with E-state index in [2.05, 4.69) is 15.4 Å². The summed E-state index contributed by atoms with van der Waals surface area (Å²) in [5, 5.41) is 4.58. The summed E-state index contributed by atoms with van der Waals surface area (Å²) in [6.07, 6.45) is -4.78. The Hall–Kier alpha value is -4.08. The van der Waals surface area contributed by atoms with Crippen LogP contribution in [-0.2, 0) is 6.18 Å². The molecule has 0 bridgehead atoms. The highest BCUT2D eigenvalue weighted by molar-refractivity contribution is 6.06. The number of amides is 1. The van der Waals surface area contributed by atoms with Gasteiger partial charge in [0.2, 0.25) is 0 Å². The number of hydrogen-bond donors (Lipinski definition) is 3. The predicted octanol–water partition coefficient (Wildman–Crippen LogP) is 3.85. The van der Waals surface area contributed by atoms with Crippen LogP contribution in [0, 0.1) is 6.92 Å². The van der Waals surface area contributed by atoms with E-state index < -0.39 is 28.9 Å². The van der Waals surface area contributed by atoms with Crippen molar-refractivity contribution >= 4 is 22.9 Å². The van der Waals surface area contributed by atoms with Crippen molar-refractivity contribution < 1.29 is 18.0 Å². The summed E-state index contributed by atoms with van der Waals surface area (Å²) in [6.45, 7) is 1.39. The predicted molar refractivity (Wildman–Crippen MR) is 110 cm³/mol. The zero-order chi connectivity index (χ0) is 22.3. The van der Waals surface area contributed by atoms with E-state index in [0.29, 0.717) is 4.52 Å². The summed E-state index contributed by atoms with van der Waals surface area (Å²) in [6, 6.07) is 14.2. The van der Waals surface area contributed by atoms with Gasteiger partial charge in [0, 0.05) is 0 Å². The molecule has 2 aromatic heterocycles. The largest absolute Gasteiger partial charge is 0.433 e. The second kappa shape index (κ2) is 7.31. The Morgan fingerprint density at radius 1 is 1.10 bits per heavy atom. The molecule has 4 rings (SSSR count). The number of nitrogens with zero attached hydrogens (tertiary/aromatic N) is 2. The zero-order valence-corrected chi connectivity index (χ0v) is 16.1. The van der Waals surface area contributed by atoms with Gasteiger partial charge in [-0.1, -0.05) is 42.5 Å². The van der Waals surface area contributed by atoms with Gasteiger partial charge in [-0.05, 0) is 24.6 Å². The Bertz CT molecular complexity index is 1360. The molecule has 0 saturated heterocycles. The van der Waals surface area contributed by atoms with Crippen LogP contribution in [0.4, 0.5) is 24.5 Å². The zero-order valence-electron chi connectivity index (χ0n) is 16.1. The van der Waals surface area contributed by atoms with Crippen molar-refractivity contribution in [1.82, 2.24) is 14.6 Å². The maximum Gasteiger partial charge on any atom is 0.433 e. The number of alkyl halides is 3. The molecular weight excluding hydrogens is 411 g/mol. The molecule has 0 spiro atoms. The lowest BCUT2D eigenvalue weighted by Crippen LogP contribution is -2.29. The minimum Gasteiger partial charge on any atom is -0.397 e. The molecule has 0 saturated carbocycles. The third-order valence-electron chi connectivity index (χ3n) is 4.74. The highest BCUT2D eigenvalue weighted by Crippen LogP contribution is 2.38. The molecular formula is C21H16F3N5O2. The molecule has 10 heteroatoms. The Morgan fingerprint density at radius 2 is 1.74 bits per heavy atom. The average Bonchev–Trinajstić information content (AvgIpc) is 3.10. The van der Waals surface area contributed by atoms with E-state index >= 15 is 0 Å². The van der Waals surface area contributed by atoms with Crippen LogP contribution >= 0.6 is 0 Å². The van der Waals surface area contributed by atoms with Crippen molar-refractivity contribution in [3.05, 3.63) is 81.9 Å². The summed E-state index contributed by atoms with van der Waals surface area (Å²) in [5.74, 6) is -0.827. The second-order valence-electron chi connectivity index (χ2n) is 6.80. The van der Waals surface area contributed by atoms with Gasteiger partial charge >= 0.3 is 6.18 Å². The summed E-state index contributed by atoms with van der Waals surface area (Å²) >= 11 is 0. The molecule has 2 aromatic carbocycles. The van der Waals surface area contributed by atoms with Gasteiger partial charge in [0.05, 0.1) is 22.6 Å². The molecule has 4 N–H and O–H groups in total. The van der Waals surface area contributed by atoms with E-state index in [9.17, 15) is 22.8 Å². The first kappa shape index (κ1) is 20.2. The third kappa shape index (κ3) is 3.52. The van der Waals surface area contributed by atoms with Gasteiger partial charge in [0.1, 0.15) is 11.3 Å². The fraction of sp³-hybridized carbons (Fsp3) is 0.0952. The van der Waals surface area contributed by atoms with Crippen LogP contribution in [0.25, 0.3) is 16.8 Å². The number of rotatable bonds is 3. The third-order valence-corrected chi connectivity index (χ3v) is 4.74. The van der Waals surface area contributed by atoms with Crippen molar-refractivity contribution in [1.29, 1.82) is 0 Å². The van der Waals surface area contributed by atoms with Crippen molar-refractivity contribution in [2.75, 3.05) is 11.1 Å². The molecule has 0 aliphatic carbocycles. The molecule has 0 fully saturated rings. The fourth-order valence-corrected chi connectivity index (χ4v) is 3.32. The number of benzene rings is 2. The number of para-hydroxylation sites is 2.